The number of benzene rings is 6. The lowest BCUT2D eigenvalue weighted by molar-refractivity contribution is -0.136. The minimum Gasteiger partial charge on any atom is -0.394 e. The van der Waals surface area contributed by atoms with Crippen LogP contribution in [0.5, 0.6) is 0 Å². The molecule has 8 aromatic rings. The molecule has 0 bridgehead atoms. The van der Waals surface area contributed by atoms with E-state index in [1.54, 1.807) is 0 Å². The third-order valence-corrected chi connectivity index (χ3v) is 10.4. The highest BCUT2D eigenvalue weighted by Crippen LogP contribution is 2.41. The molecular weight excluding hydrogens is 727 g/mol. The Morgan fingerprint density at radius 3 is 1.41 bits per heavy atom. The molecule has 10 nitrogen and oxygen atoms in total. The third kappa shape index (κ3) is 7.33. The molecular formula is C48H43N5O5. The number of nitrogens with one attached hydrogen (secondary N) is 2. The van der Waals surface area contributed by atoms with Crippen LogP contribution in [0.1, 0.15) is 39.6 Å². The molecule has 0 saturated heterocycles. The molecule has 0 amide bonds. The Kier molecular flexibility index (Phi) is 11.3. The molecule has 0 spiro atoms. The van der Waals surface area contributed by atoms with Gasteiger partial charge in [0.2, 0.25) is 5.95 Å². The summed E-state index contributed by atoms with van der Waals surface area (Å²) in [4.78, 5) is 25.9. The lowest BCUT2D eigenvalue weighted by Gasteiger charge is -2.37. The van der Waals surface area contributed by atoms with Gasteiger partial charge in [0.15, 0.2) is 17.4 Å². The first-order chi connectivity index (χ1) is 28.6. The topological polar surface area (TPSA) is 135 Å². The second kappa shape index (κ2) is 17.2. The van der Waals surface area contributed by atoms with Gasteiger partial charge in [-0.3, -0.25) is 14.3 Å². The number of nitrogens with zero attached hydrogens (tertiary/aromatic N) is 3. The van der Waals surface area contributed by atoms with E-state index in [1.807, 2.05) is 182 Å². The van der Waals surface area contributed by atoms with Crippen molar-refractivity contribution in [2.45, 2.75) is 23.5 Å². The van der Waals surface area contributed by atoms with Gasteiger partial charge in [0, 0.05) is 0 Å². The quantitative estimate of drug-likeness (QED) is 0.0748. The highest BCUT2D eigenvalue weighted by atomic mass is 16.6. The van der Waals surface area contributed by atoms with Gasteiger partial charge in [-0.25, -0.2) is 4.98 Å². The first-order valence-electron chi connectivity index (χ1n) is 19.2. The monoisotopic (exact) mass is 769 g/mol. The van der Waals surface area contributed by atoms with Gasteiger partial charge in [-0.1, -0.05) is 182 Å². The predicted molar refractivity (Wildman–Crippen MR) is 224 cm³/mol. The van der Waals surface area contributed by atoms with Crippen molar-refractivity contribution in [2.24, 2.45) is 0 Å². The highest BCUT2D eigenvalue weighted by molar-refractivity contribution is 5.71. The number of hydrogen-bond donors (Lipinski definition) is 4. The zero-order valence-corrected chi connectivity index (χ0v) is 31.6. The minimum atomic E-state index is -1.09. The van der Waals surface area contributed by atoms with E-state index >= 15 is 0 Å². The van der Waals surface area contributed by atoms with Gasteiger partial charge in [0.1, 0.15) is 17.2 Å². The Morgan fingerprint density at radius 2 is 1.02 bits per heavy atom. The summed E-state index contributed by atoms with van der Waals surface area (Å²) in [6, 6.07) is 59.6. The van der Waals surface area contributed by atoms with E-state index in [9.17, 15) is 15.0 Å². The fraction of sp³-hybridized carbons (Fsp3) is 0.146. The summed E-state index contributed by atoms with van der Waals surface area (Å²) in [5, 5.41) is 25.2. The lowest BCUT2D eigenvalue weighted by atomic mass is 9.77. The van der Waals surface area contributed by atoms with Crippen molar-refractivity contribution >= 4 is 17.1 Å². The fourth-order valence-electron chi connectivity index (χ4n) is 7.69. The molecule has 58 heavy (non-hydrogen) atoms. The van der Waals surface area contributed by atoms with Crippen molar-refractivity contribution in [1.29, 1.82) is 0 Å². The molecule has 10 heteroatoms. The maximum absolute atomic E-state index is 13.7. The van der Waals surface area contributed by atoms with E-state index in [0.717, 1.165) is 33.4 Å². The second-order valence-corrected chi connectivity index (χ2v) is 13.9. The summed E-state index contributed by atoms with van der Waals surface area (Å²) in [6.07, 6.45) is -0.588. The van der Waals surface area contributed by atoms with E-state index < -0.39 is 42.2 Å². The summed E-state index contributed by atoms with van der Waals surface area (Å²) in [5.74, 6) is 0.174. The van der Waals surface area contributed by atoms with Crippen LogP contribution in [0, 0.1) is 0 Å². The van der Waals surface area contributed by atoms with Gasteiger partial charge in [0.25, 0.3) is 5.56 Å². The first-order valence-corrected chi connectivity index (χ1v) is 19.2. The van der Waals surface area contributed by atoms with Crippen molar-refractivity contribution in [2.75, 3.05) is 25.1 Å². The molecule has 0 radical (unpaired) electrons. The summed E-state index contributed by atoms with van der Waals surface area (Å²) < 4.78 is 14.9. The van der Waals surface area contributed by atoms with Crippen LogP contribution < -0.4 is 10.9 Å². The molecule has 2 aromatic heterocycles. The largest absolute Gasteiger partial charge is 0.394 e. The van der Waals surface area contributed by atoms with Gasteiger partial charge in [0.05, 0.1) is 26.1 Å². The Hall–Kier alpha value is -6.69. The third-order valence-electron chi connectivity index (χ3n) is 10.4. The van der Waals surface area contributed by atoms with Crippen LogP contribution in [0.2, 0.25) is 0 Å². The molecule has 2 atom stereocenters. The first kappa shape index (κ1) is 38.2. The standard InChI is InChI=1S/C48H43N5O5/c54-31-41(33-57-48(38-25-13-4-14-26-38,39-27-15-5-16-28-39)40-29-17-6-18-30-40)58-42(32-55)53-34-49-43-44(53)50-46(51-45(43)56)52-47(35-19-7-1-8-20-35,36-21-9-2-10-22-36)37-23-11-3-12-24-37/h1-30,34,41-42,54-55H,31-33H2,(H2,50,51,52,56). The highest BCUT2D eigenvalue weighted by Gasteiger charge is 2.39. The molecule has 0 aliphatic rings. The number of aromatic nitrogens is 4. The molecule has 0 fully saturated rings. The van der Waals surface area contributed by atoms with Crippen LogP contribution in [0.25, 0.3) is 11.2 Å². The van der Waals surface area contributed by atoms with Gasteiger partial charge in [-0.2, -0.15) is 4.98 Å². The van der Waals surface area contributed by atoms with Crippen LogP contribution >= 0.6 is 0 Å². The van der Waals surface area contributed by atoms with E-state index in [-0.39, 0.29) is 23.7 Å². The fourth-order valence-corrected chi connectivity index (χ4v) is 7.69. The zero-order chi connectivity index (χ0) is 39.8. The number of hydrogen-bond acceptors (Lipinski definition) is 8. The number of imidazole rings is 1. The predicted octanol–water partition coefficient (Wildman–Crippen LogP) is 7.40. The molecule has 0 aliphatic carbocycles. The van der Waals surface area contributed by atoms with Crippen LogP contribution in [-0.4, -0.2) is 55.7 Å². The average molecular weight is 770 g/mol. The van der Waals surface area contributed by atoms with E-state index in [0.29, 0.717) is 0 Å². The number of rotatable bonds is 16. The zero-order valence-electron chi connectivity index (χ0n) is 31.6. The number of aliphatic hydroxyl groups excluding tert-OH is 2. The molecule has 290 valence electrons. The number of ether oxygens (including phenoxy) is 2. The van der Waals surface area contributed by atoms with Gasteiger partial charge in [-0.05, 0) is 33.4 Å². The van der Waals surface area contributed by atoms with E-state index in [4.69, 9.17) is 14.5 Å². The summed E-state index contributed by atoms with van der Waals surface area (Å²) in [7, 11) is 0. The van der Waals surface area contributed by atoms with Crippen LogP contribution in [0.15, 0.2) is 193 Å². The minimum absolute atomic E-state index is 0.0605. The second-order valence-electron chi connectivity index (χ2n) is 13.9. The average Bonchev–Trinajstić information content (AvgIpc) is 3.73. The molecule has 0 aliphatic heterocycles. The SMILES string of the molecule is O=c1[nH]c(NC(c2ccccc2)(c2ccccc2)c2ccccc2)nc2c1ncn2C(CO)OC(CO)COC(c1ccccc1)(c1ccccc1)c1ccccc1. The number of H-pyrrole nitrogens is 1. The molecule has 2 heterocycles. The Balaban J connectivity index is 1.15. The van der Waals surface area contributed by atoms with Crippen LogP contribution in [0.4, 0.5) is 5.95 Å². The van der Waals surface area contributed by atoms with Crippen molar-refractivity contribution in [3.05, 3.63) is 232 Å². The molecule has 6 aromatic carbocycles. The molecule has 0 saturated carbocycles. The van der Waals surface area contributed by atoms with Crippen molar-refractivity contribution in [3.63, 3.8) is 0 Å². The van der Waals surface area contributed by atoms with Crippen LogP contribution in [-0.2, 0) is 20.6 Å². The Morgan fingerprint density at radius 1 is 0.603 bits per heavy atom. The van der Waals surface area contributed by atoms with Crippen molar-refractivity contribution in [3.8, 4) is 0 Å². The van der Waals surface area contributed by atoms with Gasteiger partial charge < -0.3 is 25.0 Å². The lowest BCUT2D eigenvalue weighted by Crippen LogP contribution is -2.39. The number of aromatic amines is 1. The normalized spacial score (nSPS) is 12.9. The van der Waals surface area contributed by atoms with Crippen LogP contribution in [0.3, 0.4) is 0 Å². The van der Waals surface area contributed by atoms with Crippen molar-refractivity contribution < 1.29 is 19.7 Å². The van der Waals surface area contributed by atoms with E-state index in [2.05, 4.69) is 15.3 Å². The maximum Gasteiger partial charge on any atom is 0.280 e. The van der Waals surface area contributed by atoms with Gasteiger partial charge >= 0.3 is 0 Å². The molecule has 4 N–H and O–H groups in total. The summed E-state index contributed by atoms with van der Waals surface area (Å²) >= 11 is 0. The smallest absolute Gasteiger partial charge is 0.280 e. The summed E-state index contributed by atoms with van der Waals surface area (Å²) in [5.41, 5.74) is 3.16. The van der Waals surface area contributed by atoms with Crippen molar-refractivity contribution in [1.82, 2.24) is 19.5 Å². The number of fused-ring (bicyclic) bond motifs is 1. The number of anilines is 1. The van der Waals surface area contributed by atoms with E-state index in [1.165, 1.54) is 10.9 Å². The Labute approximate surface area is 336 Å². The molecule has 2 unspecified atom stereocenters. The Bertz CT molecular complexity index is 2380. The summed E-state index contributed by atoms with van der Waals surface area (Å²) in [6.45, 7) is -0.999. The molecule has 8 rings (SSSR count). The van der Waals surface area contributed by atoms with Gasteiger partial charge in [-0.15, -0.1) is 0 Å². The maximum atomic E-state index is 13.7. The number of aliphatic hydroxyl groups is 2.